The average Bonchev–Trinajstić information content (AvgIpc) is 2.40. The summed E-state index contributed by atoms with van der Waals surface area (Å²) in [6.07, 6.45) is -0.802. The first-order valence-corrected chi connectivity index (χ1v) is 6.82. The van der Waals surface area contributed by atoms with Gasteiger partial charge in [-0.2, -0.15) is 0 Å². The van der Waals surface area contributed by atoms with Crippen LogP contribution in [0.5, 0.6) is 5.75 Å². The number of rotatable bonds is 7. The number of methoxy groups -OCH3 is 1. The Morgan fingerprint density at radius 3 is 2.95 bits per heavy atom. The van der Waals surface area contributed by atoms with Gasteiger partial charge in [-0.25, -0.2) is 0 Å². The molecule has 0 aliphatic heterocycles. The zero-order chi connectivity index (χ0) is 14.3. The second-order valence-electron chi connectivity index (χ2n) is 3.86. The predicted molar refractivity (Wildman–Crippen MR) is 76.5 cm³/mol. The van der Waals surface area contributed by atoms with Crippen LogP contribution in [0.1, 0.15) is 0 Å². The number of hydrogen-bond acceptors (Lipinski definition) is 6. The smallest absolute Gasteiger partial charge is 0.234 e. The van der Waals surface area contributed by atoms with Gasteiger partial charge >= 0.3 is 0 Å². The summed E-state index contributed by atoms with van der Waals surface area (Å²) in [5.41, 5.74) is 6.71. The average molecular weight is 286 g/mol. The van der Waals surface area contributed by atoms with Crippen LogP contribution in [-0.2, 0) is 4.79 Å². The van der Waals surface area contributed by atoms with Crippen LogP contribution < -0.4 is 15.8 Å². The summed E-state index contributed by atoms with van der Waals surface area (Å²) in [5.74, 6) is 0.778. The molecule has 0 bridgehead atoms. The molecular formula is C12H18N2O4S. The predicted octanol–water partition coefficient (Wildman–Crippen LogP) is 0.302. The molecule has 1 aromatic rings. The van der Waals surface area contributed by atoms with E-state index < -0.39 is 6.10 Å². The molecule has 1 amide bonds. The van der Waals surface area contributed by atoms with Crippen LogP contribution in [0.15, 0.2) is 18.2 Å². The first-order valence-electron chi connectivity index (χ1n) is 5.67. The van der Waals surface area contributed by atoms with Gasteiger partial charge < -0.3 is 26.0 Å². The van der Waals surface area contributed by atoms with Crippen LogP contribution in [0, 0.1) is 0 Å². The summed E-state index contributed by atoms with van der Waals surface area (Å²) in [6.45, 7) is -0.305. The molecule has 7 heteroatoms. The van der Waals surface area contributed by atoms with Crippen LogP contribution in [0.3, 0.4) is 0 Å². The van der Waals surface area contributed by atoms with E-state index in [4.69, 9.17) is 20.7 Å². The van der Waals surface area contributed by atoms with E-state index in [1.54, 1.807) is 18.2 Å². The maximum Gasteiger partial charge on any atom is 0.234 e. The van der Waals surface area contributed by atoms with Crippen LogP contribution in [0.2, 0.25) is 0 Å². The van der Waals surface area contributed by atoms with Gasteiger partial charge in [0.25, 0.3) is 0 Å². The Morgan fingerprint density at radius 2 is 2.32 bits per heavy atom. The van der Waals surface area contributed by atoms with Crippen molar-refractivity contribution in [3.8, 4) is 5.75 Å². The number of benzene rings is 1. The molecule has 0 fully saturated rings. The van der Waals surface area contributed by atoms with Crippen molar-refractivity contribution in [1.29, 1.82) is 0 Å². The van der Waals surface area contributed by atoms with E-state index in [-0.39, 0.29) is 18.3 Å². The van der Waals surface area contributed by atoms with E-state index in [1.165, 1.54) is 18.9 Å². The number of thioether (sulfide) groups is 1. The molecule has 1 unspecified atom stereocenters. The van der Waals surface area contributed by atoms with Gasteiger partial charge in [-0.05, 0) is 12.1 Å². The number of carbonyl (C=O) groups excluding carboxylic acids is 1. The third-order valence-corrected chi connectivity index (χ3v) is 3.34. The maximum atomic E-state index is 11.7. The van der Waals surface area contributed by atoms with Gasteiger partial charge in [-0.3, -0.25) is 4.79 Å². The summed E-state index contributed by atoms with van der Waals surface area (Å²) in [5, 5.41) is 20.5. The van der Waals surface area contributed by atoms with E-state index >= 15 is 0 Å². The Morgan fingerprint density at radius 1 is 1.58 bits per heavy atom. The fourth-order valence-corrected chi connectivity index (χ4v) is 2.09. The number of nitrogen functional groups attached to an aromatic ring is 1. The van der Waals surface area contributed by atoms with Crippen molar-refractivity contribution in [3.05, 3.63) is 18.2 Å². The summed E-state index contributed by atoms with van der Waals surface area (Å²) >= 11 is 1.24. The second-order valence-corrected chi connectivity index (χ2v) is 4.89. The summed E-state index contributed by atoms with van der Waals surface area (Å²) in [6, 6.07) is 4.96. The third-order valence-electron chi connectivity index (χ3n) is 2.25. The molecule has 0 aliphatic rings. The summed E-state index contributed by atoms with van der Waals surface area (Å²) in [7, 11) is 1.50. The summed E-state index contributed by atoms with van der Waals surface area (Å²) in [4.78, 5) is 11.7. The van der Waals surface area contributed by atoms with Gasteiger partial charge in [0.15, 0.2) is 0 Å². The highest BCUT2D eigenvalue weighted by atomic mass is 32.2. The van der Waals surface area contributed by atoms with Crippen molar-refractivity contribution in [2.75, 3.05) is 36.3 Å². The van der Waals surface area contributed by atoms with Crippen molar-refractivity contribution >= 4 is 29.0 Å². The van der Waals surface area contributed by atoms with Gasteiger partial charge in [0.2, 0.25) is 5.91 Å². The molecule has 0 radical (unpaired) electrons. The number of aliphatic hydroxyl groups is 2. The lowest BCUT2D eigenvalue weighted by Crippen LogP contribution is -2.19. The molecule has 0 aliphatic carbocycles. The number of ether oxygens (including phenoxy) is 1. The molecule has 1 atom stereocenters. The monoisotopic (exact) mass is 286 g/mol. The molecule has 19 heavy (non-hydrogen) atoms. The highest BCUT2D eigenvalue weighted by molar-refractivity contribution is 8.00. The Bertz CT molecular complexity index is 428. The van der Waals surface area contributed by atoms with E-state index in [1.807, 2.05) is 0 Å². The Balaban J connectivity index is 2.48. The minimum absolute atomic E-state index is 0.185. The van der Waals surface area contributed by atoms with Crippen molar-refractivity contribution in [1.82, 2.24) is 0 Å². The van der Waals surface area contributed by atoms with Gasteiger partial charge in [-0.1, -0.05) is 0 Å². The highest BCUT2D eigenvalue weighted by Gasteiger charge is 2.09. The number of nitrogens with two attached hydrogens (primary N) is 1. The van der Waals surface area contributed by atoms with E-state index in [0.29, 0.717) is 22.9 Å². The standard InChI is InChI=1S/C12H18N2O4S/c1-18-11-4-8(13)2-3-10(11)14-12(17)7-19-6-9(16)5-15/h2-4,9,15-16H,5-7,13H2,1H3,(H,14,17). The van der Waals surface area contributed by atoms with Gasteiger partial charge in [0.05, 0.1) is 31.3 Å². The van der Waals surface area contributed by atoms with Crippen molar-refractivity contribution in [2.45, 2.75) is 6.10 Å². The molecule has 0 saturated carbocycles. The molecule has 5 N–H and O–H groups in total. The number of carbonyl (C=O) groups is 1. The lowest BCUT2D eigenvalue weighted by atomic mass is 10.2. The maximum absolute atomic E-state index is 11.7. The van der Waals surface area contributed by atoms with Gasteiger partial charge in [0, 0.05) is 17.5 Å². The van der Waals surface area contributed by atoms with Crippen LogP contribution in [-0.4, -0.2) is 47.4 Å². The second kappa shape index (κ2) is 7.88. The molecule has 0 heterocycles. The van der Waals surface area contributed by atoms with Crippen molar-refractivity contribution in [2.24, 2.45) is 0 Å². The largest absolute Gasteiger partial charge is 0.494 e. The quantitative estimate of drug-likeness (QED) is 0.537. The van der Waals surface area contributed by atoms with E-state index in [2.05, 4.69) is 5.32 Å². The van der Waals surface area contributed by atoms with Gasteiger partial charge in [-0.15, -0.1) is 11.8 Å². The lowest BCUT2D eigenvalue weighted by Gasteiger charge is -2.11. The number of hydrogen-bond donors (Lipinski definition) is 4. The molecular weight excluding hydrogens is 268 g/mol. The fourth-order valence-electron chi connectivity index (χ4n) is 1.34. The number of anilines is 2. The molecule has 1 aromatic carbocycles. The molecule has 0 saturated heterocycles. The van der Waals surface area contributed by atoms with E-state index in [9.17, 15) is 4.79 Å². The topological polar surface area (TPSA) is 105 Å². The minimum Gasteiger partial charge on any atom is -0.494 e. The Kier molecular flexibility index (Phi) is 6.48. The number of nitrogens with one attached hydrogen (secondary N) is 1. The zero-order valence-electron chi connectivity index (χ0n) is 10.6. The zero-order valence-corrected chi connectivity index (χ0v) is 11.4. The third kappa shape index (κ3) is 5.37. The van der Waals surface area contributed by atoms with Crippen LogP contribution in [0.25, 0.3) is 0 Å². The first kappa shape index (κ1) is 15.6. The normalized spacial score (nSPS) is 11.9. The fraction of sp³-hybridized carbons (Fsp3) is 0.417. The Hall–Kier alpha value is -1.44. The lowest BCUT2D eigenvalue weighted by molar-refractivity contribution is -0.113. The molecule has 1 rings (SSSR count). The Labute approximate surface area is 115 Å². The minimum atomic E-state index is -0.802. The van der Waals surface area contributed by atoms with Crippen molar-refractivity contribution in [3.63, 3.8) is 0 Å². The number of aliphatic hydroxyl groups excluding tert-OH is 2. The van der Waals surface area contributed by atoms with Gasteiger partial charge in [0.1, 0.15) is 5.75 Å². The van der Waals surface area contributed by atoms with Crippen molar-refractivity contribution < 1.29 is 19.7 Å². The van der Waals surface area contributed by atoms with Crippen LogP contribution in [0.4, 0.5) is 11.4 Å². The van der Waals surface area contributed by atoms with E-state index in [0.717, 1.165) is 0 Å². The summed E-state index contributed by atoms with van der Waals surface area (Å²) < 4.78 is 5.11. The molecule has 6 nitrogen and oxygen atoms in total. The first-order chi connectivity index (χ1) is 9.06. The van der Waals surface area contributed by atoms with Crippen LogP contribution >= 0.6 is 11.8 Å². The highest BCUT2D eigenvalue weighted by Crippen LogP contribution is 2.26. The molecule has 106 valence electrons. The molecule has 0 aromatic heterocycles. The SMILES string of the molecule is COc1cc(N)ccc1NC(=O)CSCC(O)CO. The molecule has 0 spiro atoms. The number of amides is 1.